The SMILES string of the molecule is CCCCP(CCCC)[C]12[CH]3[CH]4[CH]5[CH]1[Fe]45321678[CH]2[CH]1[CH]6[C]7(P(c1ccccc1)c1ccccc1)[CH]28. The topological polar surface area (TPSA) is 0 Å². The van der Waals surface area contributed by atoms with Crippen LogP contribution in [0.1, 0.15) is 39.5 Å². The van der Waals surface area contributed by atoms with Crippen LogP contribution in [0.3, 0.4) is 0 Å². The molecule has 33 heavy (non-hydrogen) atoms. The minimum atomic E-state index is -3.50. The summed E-state index contributed by atoms with van der Waals surface area (Å²) in [6.07, 6.45) is 9.30. The fourth-order valence-electron chi connectivity index (χ4n) is 20.6. The molecule has 0 radical (unpaired) electrons. The number of unbranched alkanes of at least 4 members (excludes halogenated alkanes) is 2. The molecule has 10 heterocycles. The van der Waals surface area contributed by atoms with E-state index in [0.717, 1.165) is 8.11 Å². The van der Waals surface area contributed by atoms with E-state index in [1.807, 2.05) is 0 Å². The summed E-state index contributed by atoms with van der Waals surface area (Å²) in [5.74, 6) is 0. The summed E-state index contributed by atoms with van der Waals surface area (Å²) in [7, 11) is 0.186. The molecule has 174 valence electrons. The summed E-state index contributed by atoms with van der Waals surface area (Å²) in [5, 5.41) is 3.54. The molecule has 8 atom stereocenters. The van der Waals surface area contributed by atoms with Crippen molar-refractivity contribution >= 4 is 26.5 Å². The number of rotatable bonds is 10. The molecule has 10 saturated heterocycles. The summed E-state index contributed by atoms with van der Waals surface area (Å²) < 4.78 is 2.03. The molecule has 0 nitrogen and oxygen atoms in total. The standard InChI is InChI=1S/C17H14P.C13H22P.Fe/c1-3-9-15(10-4-1)18(17-13-7-8-14-17)16-11-5-2-6-12-16;1-3-5-11-14(12-6-4-2)13-9-7-8-10-13;/h1-14H;7-10H,3-6,11-12H2,1-2H3;. The van der Waals surface area contributed by atoms with Crippen LogP contribution in [0.25, 0.3) is 0 Å². The van der Waals surface area contributed by atoms with E-state index in [-0.39, 0.29) is 7.92 Å². The first-order valence-corrected chi connectivity index (χ1v) is 23.2. The molecular formula is C30H36FeP2. The third kappa shape index (κ3) is 0.389. The first-order chi connectivity index (χ1) is 16.0. The Morgan fingerprint density at radius 3 is 1.45 bits per heavy atom. The van der Waals surface area contributed by atoms with Gasteiger partial charge < -0.3 is 0 Å². The molecule has 10 fully saturated rings. The molecule has 0 aliphatic carbocycles. The molecule has 3 heteroatoms. The fraction of sp³-hybridized carbons (Fsp3) is 0.600. The second-order valence-electron chi connectivity index (χ2n) is 15.4. The quantitative estimate of drug-likeness (QED) is 0.221. The summed E-state index contributed by atoms with van der Waals surface area (Å²) in [6, 6.07) is 24.2. The second-order valence-corrected chi connectivity index (χ2v) is 44.6. The van der Waals surface area contributed by atoms with Crippen molar-refractivity contribution in [3.05, 3.63) is 60.7 Å². The number of hydrogen-bond donors (Lipinski definition) is 0. The Morgan fingerprint density at radius 2 is 1.06 bits per heavy atom. The van der Waals surface area contributed by atoms with Crippen LogP contribution >= 0.6 is 15.8 Å². The van der Waals surface area contributed by atoms with Crippen molar-refractivity contribution in [1.82, 2.24) is 0 Å². The molecule has 2 aromatic carbocycles. The van der Waals surface area contributed by atoms with Gasteiger partial charge in [0.15, 0.2) is 0 Å². The van der Waals surface area contributed by atoms with E-state index in [9.17, 15) is 0 Å². The summed E-state index contributed by atoms with van der Waals surface area (Å²) in [4.78, 5) is 11.2. The molecule has 0 saturated carbocycles. The van der Waals surface area contributed by atoms with E-state index in [0.29, 0.717) is 7.92 Å². The van der Waals surface area contributed by atoms with Crippen LogP contribution in [-0.4, -0.2) is 20.4 Å². The van der Waals surface area contributed by atoms with E-state index in [1.165, 1.54) is 51.4 Å². The normalized spacial score (nSPS) is 69.6. The van der Waals surface area contributed by atoms with E-state index in [1.54, 1.807) is 35.8 Å². The fourth-order valence-corrected chi connectivity index (χ4v) is 128. The van der Waals surface area contributed by atoms with Crippen molar-refractivity contribution < 1.29 is 6.51 Å². The molecular weight excluding hydrogens is 478 g/mol. The zero-order valence-corrected chi connectivity index (χ0v) is 22.8. The maximum atomic E-state index is 2.56. The van der Waals surface area contributed by atoms with Gasteiger partial charge in [-0.25, -0.2) is 0 Å². The monoisotopic (exact) mass is 514 g/mol. The molecule has 10 aliphatic heterocycles. The van der Waals surface area contributed by atoms with E-state index >= 15 is 0 Å². The van der Waals surface area contributed by atoms with Crippen LogP contribution in [0, 0.1) is 0 Å². The van der Waals surface area contributed by atoms with Crippen molar-refractivity contribution in [2.75, 3.05) is 12.3 Å². The molecule has 1 spiro atoms. The number of hydrogen-bond acceptors (Lipinski definition) is 0. The van der Waals surface area contributed by atoms with Crippen molar-refractivity contribution in [3.63, 3.8) is 0 Å². The Morgan fingerprint density at radius 1 is 0.636 bits per heavy atom. The Hall–Kier alpha value is -0.181. The number of fused-ring (bicyclic) bond motifs is 10. The van der Waals surface area contributed by atoms with Gasteiger partial charge in [-0.3, -0.25) is 0 Å². The zero-order valence-electron chi connectivity index (χ0n) is 19.9. The molecule has 0 aromatic heterocycles. The van der Waals surface area contributed by atoms with Crippen molar-refractivity contribution in [2.24, 2.45) is 0 Å². The van der Waals surface area contributed by atoms with Gasteiger partial charge in [0, 0.05) is 0 Å². The molecule has 12 rings (SSSR count). The predicted molar refractivity (Wildman–Crippen MR) is 141 cm³/mol. The summed E-state index contributed by atoms with van der Waals surface area (Å²) >= 11 is 0. The average Bonchev–Trinajstić information content (AvgIpc) is 3.81. The molecule has 10 aliphatic rings. The predicted octanol–water partition coefficient (Wildman–Crippen LogP) is 8.41. The van der Waals surface area contributed by atoms with Crippen LogP contribution < -0.4 is 10.6 Å². The van der Waals surface area contributed by atoms with Crippen molar-refractivity contribution in [2.45, 2.75) is 86.2 Å². The average molecular weight is 514 g/mol. The van der Waals surface area contributed by atoms with Gasteiger partial charge in [0.25, 0.3) is 0 Å². The first-order valence-electron chi connectivity index (χ1n) is 13.9. The maximum absolute atomic E-state index is 3.50. The van der Waals surface area contributed by atoms with Crippen molar-refractivity contribution in [1.29, 1.82) is 0 Å². The summed E-state index contributed by atoms with van der Waals surface area (Å²) in [5.41, 5.74) is 0. The van der Waals surface area contributed by atoms with Crippen LogP contribution in [0.4, 0.5) is 0 Å². The Kier molecular flexibility index (Phi) is 1.34. The van der Waals surface area contributed by atoms with Crippen molar-refractivity contribution in [3.8, 4) is 0 Å². The molecule has 0 amide bonds. The zero-order chi connectivity index (χ0) is 21.6. The van der Waals surface area contributed by atoms with Gasteiger partial charge >= 0.3 is 192 Å². The van der Waals surface area contributed by atoms with Gasteiger partial charge in [0.05, 0.1) is 0 Å². The van der Waals surface area contributed by atoms with Gasteiger partial charge in [-0.05, 0) is 0 Å². The Balaban J connectivity index is 1.14. The summed E-state index contributed by atoms with van der Waals surface area (Å²) in [6.45, 7) is 1.41. The molecule has 0 bridgehead atoms. The van der Waals surface area contributed by atoms with E-state index < -0.39 is 6.51 Å². The molecule has 2 aromatic rings. The number of benzene rings is 2. The third-order valence-electron chi connectivity index (χ3n) is 19.1. The van der Waals surface area contributed by atoms with Crippen LogP contribution in [0.2, 0.25) is 38.5 Å². The van der Waals surface area contributed by atoms with Gasteiger partial charge in [-0.2, -0.15) is 0 Å². The third-order valence-corrected chi connectivity index (χ3v) is 76.4. The minimum absolute atomic E-state index is 0.140. The van der Waals surface area contributed by atoms with E-state index in [2.05, 4.69) is 74.5 Å². The van der Waals surface area contributed by atoms with Crippen LogP contribution in [0.15, 0.2) is 60.7 Å². The second kappa shape index (κ2) is 2.55. The van der Waals surface area contributed by atoms with Gasteiger partial charge in [0.1, 0.15) is 0 Å². The molecule has 0 N–H and O–H groups in total. The van der Waals surface area contributed by atoms with Crippen LogP contribution in [-0.2, 0) is 6.51 Å². The Labute approximate surface area is 191 Å². The van der Waals surface area contributed by atoms with Crippen LogP contribution in [0.5, 0.6) is 0 Å². The van der Waals surface area contributed by atoms with E-state index in [4.69, 9.17) is 0 Å². The van der Waals surface area contributed by atoms with Gasteiger partial charge in [0.2, 0.25) is 0 Å². The first kappa shape index (κ1) is 17.3. The molecule has 8 unspecified atom stereocenters. The Bertz CT molecular complexity index is 1620. The van der Waals surface area contributed by atoms with Gasteiger partial charge in [-0.15, -0.1) is 0 Å². The van der Waals surface area contributed by atoms with Gasteiger partial charge in [-0.1, -0.05) is 0 Å².